The molecule has 0 saturated carbocycles. The zero-order chi connectivity index (χ0) is 20.5. The van der Waals surface area contributed by atoms with E-state index in [4.69, 9.17) is 0 Å². The quantitative estimate of drug-likeness (QED) is 0.329. The molecule has 164 valence electrons. The van der Waals surface area contributed by atoms with Gasteiger partial charge < -0.3 is 20.0 Å². The Morgan fingerprint density at radius 1 is 1.24 bits per heavy atom. The van der Waals surface area contributed by atoms with Crippen molar-refractivity contribution in [3.63, 3.8) is 0 Å². The van der Waals surface area contributed by atoms with E-state index in [9.17, 15) is 4.79 Å². The molecule has 0 aromatic heterocycles. The van der Waals surface area contributed by atoms with Crippen LogP contribution in [0.2, 0.25) is 0 Å². The second-order valence-electron chi connectivity index (χ2n) is 7.79. The average molecular weight is 515 g/mol. The lowest BCUT2D eigenvalue weighted by molar-refractivity contribution is -0.127. The molecule has 2 unspecified atom stereocenters. The molecule has 1 amide bonds. The Balaban J connectivity index is 0.00000420. The normalized spacial score (nSPS) is 17.8. The van der Waals surface area contributed by atoms with Crippen molar-refractivity contribution in [2.45, 2.75) is 33.2 Å². The van der Waals surface area contributed by atoms with Gasteiger partial charge in [0.05, 0.1) is 6.04 Å². The summed E-state index contributed by atoms with van der Waals surface area (Å²) in [5, 5.41) is 3.56. The number of halogens is 1. The predicted octanol–water partition coefficient (Wildman–Crippen LogP) is 3.06. The van der Waals surface area contributed by atoms with Crippen LogP contribution >= 0.6 is 24.0 Å². The van der Waals surface area contributed by atoms with Crippen LogP contribution in [0.3, 0.4) is 0 Å². The first-order valence-electron chi connectivity index (χ1n) is 10.5. The van der Waals surface area contributed by atoms with Gasteiger partial charge in [-0.05, 0) is 37.9 Å². The molecule has 0 spiro atoms. The summed E-state index contributed by atoms with van der Waals surface area (Å²) in [6.07, 6.45) is 1.17. The van der Waals surface area contributed by atoms with Crippen LogP contribution in [0.1, 0.15) is 38.8 Å². The van der Waals surface area contributed by atoms with Crippen molar-refractivity contribution < 1.29 is 4.79 Å². The first kappa shape index (κ1) is 25.7. The maximum absolute atomic E-state index is 12.1. The Hall–Kier alpha value is -1.35. The number of hydrogen-bond acceptors (Lipinski definition) is 3. The van der Waals surface area contributed by atoms with Gasteiger partial charge in [0.2, 0.25) is 5.91 Å². The van der Waals surface area contributed by atoms with Gasteiger partial charge >= 0.3 is 0 Å². The minimum absolute atomic E-state index is 0. The Morgan fingerprint density at radius 3 is 2.48 bits per heavy atom. The molecule has 1 aliphatic rings. The van der Waals surface area contributed by atoms with Crippen LogP contribution in [0, 0.1) is 5.92 Å². The van der Waals surface area contributed by atoms with E-state index in [1.807, 2.05) is 6.07 Å². The third-order valence-corrected chi connectivity index (χ3v) is 5.50. The highest BCUT2D eigenvalue weighted by Crippen LogP contribution is 2.19. The smallest absolute Gasteiger partial charge is 0.243 e. The number of carbonyl (C=O) groups excluding carboxylic acids is 1. The lowest BCUT2D eigenvalue weighted by Crippen LogP contribution is -2.42. The van der Waals surface area contributed by atoms with Crippen molar-refractivity contribution in [1.82, 2.24) is 20.0 Å². The fourth-order valence-electron chi connectivity index (χ4n) is 3.56. The third-order valence-electron chi connectivity index (χ3n) is 5.50. The standard InChI is InChI=1S/C22H37N5O.HI/c1-6-26(7-2)16-19-13-14-27(17-19)22(23-15-21(28)25(4)5)24-18(3)20-11-9-8-10-12-20;/h8-12,18-19H,6-7,13-17H2,1-5H3,(H,23,24);1H. The van der Waals surface area contributed by atoms with Crippen molar-refractivity contribution in [2.24, 2.45) is 10.9 Å². The predicted molar refractivity (Wildman–Crippen MR) is 132 cm³/mol. The molecular weight excluding hydrogens is 477 g/mol. The molecule has 1 aromatic carbocycles. The summed E-state index contributed by atoms with van der Waals surface area (Å²) in [6.45, 7) is 12.0. The summed E-state index contributed by atoms with van der Waals surface area (Å²) >= 11 is 0. The summed E-state index contributed by atoms with van der Waals surface area (Å²) in [5.74, 6) is 1.50. The van der Waals surface area contributed by atoms with Crippen molar-refractivity contribution in [3.05, 3.63) is 35.9 Å². The minimum atomic E-state index is 0. The van der Waals surface area contributed by atoms with E-state index in [1.165, 1.54) is 12.0 Å². The second kappa shape index (κ2) is 13.1. The maximum Gasteiger partial charge on any atom is 0.243 e. The monoisotopic (exact) mass is 515 g/mol. The number of hydrogen-bond donors (Lipinski definition) is 1. The van der Waals surface area contributed by atoms with Crippen LogP contribution in [-0.2, 0) is 4.79 Å². The molecule has 2 atom stereocenters. The van der Waals surface area contributed by atoms with Crippen LogP contribution < -0.4 is 5.32 Å². The SMILES string of the molecule is CCN(CC)CC1CCN(C(=NCC(=O)N(C)C)NC(C)c2ccccc2)C1.I. The fraction of sp³-hybridized carbons (Fsp3) is 0.636. The Kier molecular flexibility index (Phi) is 11.6. The first-order valence-corrected chi connectivity index (χ1v) is 10.5. The van der Waals surface area contributed by atoms with Crippen LogP contribution in [0.4, 0.5) is 0 Å². The van der Waals surface area contributed by atoms with Gasteiger partial charge in [-0.15, -0.1) is 24.0 Å². The molecule has 1 aliphatic heterocycles. The summed E-state index contributed by atoms with van der Waals surface area (Å²) in [4.78, 5) is 23.1. The van der Waals surface area contributed by atoms with E-state index in [0.29, 0.717) is 5.92 Å². The van der Waals surface area contributed by atoms with E-state index >= 15 is 0 Å². The molecule has 1 heterocycles. The summed E-state index contributed by atoms with van der Waals surface area (Å²) in [5.41, 5.74) is 1.22. The molecule has 1 saturated heterocycles. The highest BCUT2D eigenvalue weighted by atomic mass is 127. The molecular formula is C22H38IN5O. The topological polar surface area (TPSA) is 51.2 Å². The third kappa shape index (κ3) is 8.12. The number of benzene rings is 1. The highest BCUT2D eigenvalue weighted by Gasteiger charge is 2.27. The number of aliphatic imine (C=N–C) groups is 1. The zero-order valence-electron chi connectivity index (χ0n) is 18.6. The molecule has 29 heavy (non-hydrogen) atoms. The summed E-state index contributed by atoms with van der Waals surface area (Å²) in [6, 6.07) is 10.5. The second-order valence-corrected chi connectivity index (χ2v) is 7.79. The van der Waals surface area contributed by atoms with Gasteiger partial charge in [-0.1, -0.05) is 44.2 Å². The van der Waals surface area contributed by atoms with E-state index in [2.05, 4.69) is 65.1 Å². The Bertz CT molecular complexity index is 633. The number of likely N-dealkylation sites (tertiary alicyclic amines) is 1. The molecule has 6 nitrogen and oxygen atoms in total. The van der Waals surface area contributed by atoms with E-state index in [1.54, 1.807) is 19.0 Å². The highest BCUT2D eigenvalue weighted by molar-refractivity contribution is 14.0. The fourth-order valence-corrected chi connectivity index (χ4v) is 3.56. The Morgan fingerprint density at radius 2 is 1.90 bits per heavy atom. The Labute approximate surface area is 193 Å². The van der Waals surface area contributed by atoms with Crippen molar-refractivity contribution in [2.75, 3.05) is 53.4 Å². The van der Waals surface area contributed by atoms with Gasteiger partial charge in [-0.3, -0.25) is 4.79 Å². The average Bonchev–Trinajstić information content (AvgIpc) is 3.17. The van der Waals surface area contributed by atoms with Crippen LogP contribution in [0.5, 0.6) is 0 Å². The molecule has 7 heteroatoms. The zero-order valence-corrected chi connectivity index (χ0v) is 20.9. The molecule has 1 N–H and O–H groups in total. The van der Waals surface area contributed by atoms with Crippen molar-refractivity contribution >= 4 is 35.8 Å². The molecule has 0 aliphatic carbocycles. The lowest BCUT2D eigenvalue weighted by atomic mass is 10.1. The number of amides is 1. The van der Waals surface area contributed by atoms with Crippen LogP contribution in [-0.4, -0.2) is 79.9 Å². The van der Waals surface area contributed by atoms with Gasteiger partial charge in [0.1, 0.15) is 6.54 Å². The summed E-state index contributed by atoms with van der Waals surface area (Å²) < 4.78 is 0. The van der Waals surface area contributed by atoms with Crippen molar-refractivity contribution in [3.8, 4) is 0 Å². The first-order chi connectivity index (χ1) is 13.4. The van der Waals surface area contributed by atoms with Crippen LogP contribution in [0.15, 0.2) is 35.3 Å². The van der Waals surface area contributed by atoms with E-state index < -0.39 is 0 Å². The molecule has 1 fully saturated rings. The molecule has 0 radical (unpaired) electrons. The van der Waals surface area contributed by atoms with Gasteiger partial charge in [0.25, 0.3) is 0 Å². The number of likely N-dealkylation sites (N-methyl/N-ethyl adjacent to an activating group) is 1. The van der Waals surface area contributed by atoms with E-state index in [-0.39, 0.29) is 42.5 Å². The number of rotatable bonds is 8. The largest absolute Gasteiger partial charge is 0.350 e. The minimum Gasteiger partial charge on any atom is -0.350 e. The lowest BCUT2D eigenvalue weighted by Gasteiger charge is -2.27. The number of nitrogens with one attached hydrogen (secondary N) is 1. The molecule has 2 rings (SSSR count). The van der Waals surface area contributed by atoms with Gasteiger partial charge in [0, 0.05) is 33.7 Å². The van der Waals surface area contributed by atoms with Gasteiger partial charge in [-0.25, -0.2) is 4.99 Å². The van der Waals surface area contributed by atoms with Crippen molar-refractivity contribution in [1.29, 1.82) is 0 Å². The van der Waals surface area contributed by atoms with Gasteiger partial charge in [-0.2, -0.15) is 0 Å². The maximum atomic E-state index is 12.1. The number of nitrogens with zero attached hydrogens (tertiary/aromatic N) is 4. The van der Waals surface area contributed by atoms with Crippen LogP contribution in [0.25, 0.3) is 0 Å². The molecule has 1 aromatic rings. The number of guanidine groups is 1. The van der Waals surface area contributed by atoms with E-state index in [0.717, 1.165) is 38.7 Å². The number of carbonyl (C=O) groups is 1. The van der Waals surface area contributed by atoms with Gasteiger partial charge in [0.15, 0.2) is 5.96 Å². The summed E-state index contributed by atoms with van der Waals surface area (Å²) in [7, 11) is 3.54. The molecule has 0 bridgehead atoms.